The first-order chi connectivity index (χ1) is 10.1. The van der Waals surface area contributed by atoms with Gasteiger partial charge in [0.25, 0.3) is 0 Å². The van der Waals surface area contributed by atoms with Crippen LogP contribution < -0.4 is 5.73 Å². The number of carbonyl (C=O) groups is 1. The van der Waals surface area contributed by atoms with E-state index in [1.54, 1.807) is 14.0 Å². The number of aryl methyl sites for hydroxylation is 1. The number of ether oxygens (including phenoxy) is 2. The molecule has 2 rings (SSSR count). The molecule has 2 aromatic rings. The maximum atomic E-state index is 11.7. The minimum absolute atomic E-state index is 0.0855. The predicted molar refractivity (Wildman–Crippen MR) is 77.8 cm³/mol. The standard InChI is InChI=1S/C15H17N3O3/c1-9-11(15(19)21-3)13(16)18-14(17-9)12(20-2)10-7-5-4-6-8-10/h4-8,12H,1-3H3,(H2,16,17,18). The fraction of sp³-hybridized carbons (Fsp3) is 0.267. The number of hydrogen-bond donors (Lipinski definition) is 1. The Kier molecular flexibility index (Phi) is 4.49. The molecule has 0 aliphatic heterocycles. The number of aromatic nitrogens is 2. The highest BCUT2D eigenvalue weighted by molar-refractivity contribution is 5.95. The molecule has 0 fully saturated rings. The Bertz CT molecular complexity index is 621. The van der Waals surface area contributed by atoms with Crippen LogP contribution in [0.2, 0.25) is 0 Å². The minimum atomic E-state index is -0.551. The third kappa shape index (κ3) is 3.00. The predicted octanol–water partition coefficient (Wildman–Crippen LogP) is 1.89. The van der Waals surface area contributed by atoms with Crippen LogP contribution in [0.25, 0.3) is 0 Å². The zero-order valence-corrected chi connectivity index (χ0v) is 12.2. The number of hydrogen-bond acceptors (Lipinski definition) is 6. The lowest BCUT2D eigenvalue weighted by atomic mass is 10.1. The Balaban J connectivity index is 2.47. The first-order valence-electron chi connectivity index (χ1n) is 6.38. The van der Waals surface area contributed by atoms with Crippen molar-refractivity contribution in [2.75, 3.05) is 20.0 Å². The molecule has 6 heteroatoms. The lowest BCUT2D eigenvalue weighted by Gasteiger charge is -2.16. The third-order valence-electron chi connectivity index (χ3n) is 3.10. The number of carbonyl (C=O) groups excluding carboxylic acids is 1. The summed E-state index contributed by atoms with van der Waals surface area (Å²) < 4.78 is 10.1. The van der Waals surface area contributed by atoms with Crippen molar-refractivity contribution in [1.82, 2.24) is 9.97 Å². The zero-order chi connectivity index (χ0) is 15.4. The number of esters is 1. The molecule has 1 unspecified atom stereocenters. The number of anilines is 1. The summed E-state index contributed by atoms with van der Waals surface area (Å²) in [5.74, 6) is -0.0566. The van der Waals surface area contributed by atoms with Crippen molar-refractivity contribution in [2.45, 2.75) is 13.0 Å². The van der Waals surface area contributed by atoms with E-state index in [4.69, 9.17) is 10.5 Å². The van der Waals surface area contributed by atoms with E-state index in [-0.39, 0.29) is 11.4 Å². The van der Waals surface area contributed by atoms with Gasteiger partial charge in [0.1, 0.15) is 17.5 Å². The number of nitrogens with two attached hydrogens (primary N) is 1. The van der Waals surface area contributed by atoms with Crippen LogP contribution in [0.5, 0.6) is 0 Å². The smallest absolute Gasteiger partial charge is 0.343 e. The van der Waals surface area contributed by atoms with Gasteiger partial charge in [-0.05, 0) is 12.5 Å². The number of rotatable bonds is 4. The van der Waals surface area contributed by atoms with Gasteiger partial charge in [0, 0.05) is 7.11 Å². The molecule has 0 spiro atoms. The van der Waals surface area contributed by atoms with Gasteiger partial charge in [-0.3, -0.25) is 0 Å². The molecule has 0 aliphatic rings. The van der Waals surface area contributed by atoms with E-state index < -0.39 is 12.1 Å². The summed E-state index contributed by atoms with van der Waals surface area (Å²) in [5, 5.41) is 0. The SMILES string of the molecule is COC(=O)c1c(C)nc(C(OC)c2ccccc2)nc1N. The van der Waals surface area contributed by atoms with Gasteiger partial charge in [-0.15, -0.1) is 0 Å². The monoisotopic (exact) mass is 287 g/mol. The number of nitrogen functional groups attached to an aromatic ring is 1. The Morgan fingerprint density at radius 3 is 2.38 bits per heavy atom. The highest BCUT2D eigenvalue weighted by Gasteiger charge is 2.22. The van der Waals surface area contributed by atoms with Crippen LogP contribution in [0.1, 0.15) is 33.5 Å². The highest BCUT2D eigenvalue weighted by Crippen LogP contribution is 2.25. The highest BCUT2D eigenvalue weighted by atomic mass is 16.5. The fourth-order valence-corrected chi connectivity index (χ4v) is 2.11. The van der Waals surface area contributed by atoms with E-state index in [2.05, 4.69) is 14.7 Å². The van der Waals surface area contributed by atoms with E-state index in [9.17, 15) is 4.79 Å². The van der Waals surface area contributed by atoms with Gasteiger partial charge in [0.2, 0.25) is 0 Å². The summed E-state index contributed by atoms with van der Waals surface area (Å²) in [4.78, 5) is 20.2. The molecule has 0 aliphatic carbocycles. The molecule has 2 N–H and O–H groups in total. The summed E-state index contributed by atoms with van der Waals surface area (Å²) in [7, 11) is 2.86. The first-order valence-corrected chi connectivity index (χ1v) is 6.38. The van der Waals surface area contributed by atoms with E-state index in [1.807, 2.05) is 30.3 Å². The van der Waals surface area contributed by atoms with Crippen molar-refractivity contribution in [3.8, 4) is 0 Å². The van der Waals surface area contributed by atoms with Crippen molar-refractivity contribution in [1.29, 1.82) is 0 Å². The van der Waals surface area contributed by atoms with Gasteiger partial charge in [-0.25, -0.2) is 14.8 Å². The molecular formula is C15H17N3O3. The van der Waals surface area contributed by atoms with Crippen LogP contribution in [0, 0.1) is 6.92 Å². The van der Waals surface area contributed by atoms with Gasteiger partial charge in [-0.2, -0.15) is 0 Å². The molecule has 1 aromatic carbocycles. The molecule has 6 nitrogen and oxygen atoms in total. The fourth-order valence-electron chi connectivity index (χ4n) is 2.11. The van der Waals surface area contributed by atoms with Gasteiger partial charge in [0.05, 0.1) is 12.8 Å². The number of benzene rings is 1. The minimum Gasteiger partial charge on any atom is -0.465 e. The van der Waals surface area contributed by atoms with E-state index in [1.165, 1.54) is 7.11 Å². The molecule has 1 aromatic heterocycles. The maximum Gasteiger partial charge on any atom is 0.343 e. The second-order valence-corrected chi connectivity index (χ2v) is 4.45. The molecular weight excluding hydrogens is 270 g/mol. The van der Waals surface area contributed by atoms with Crippen molar-refractivity contribution >= 4 is 11.8 Å². The molecule has 21 heavy (non-hydrogen) atoms. The second-order valence-electron chi connectivity index (χ2n) is 4.45. The Morgan fingerprint density at radius 1 is 1.19 bits per heavy atom. The lowest BCUT2D eigenvalue weighted by Crippen LogP contribution is -2.16. The number of nitrogens with zero attached hydrogens (tertiary/aromatic N) is 2. The molecule has 110 valence electrons. The van der Waals surface area contributed by atoms with Crippen molar-refractivity contribution < 1.29 is 14.3 Å². The molecule has 1 atom stereocenters. The summed E-state index contributed by atoms with van der Waals surface area (Å²) >= 11 is 0. The lowest BCUT2D eigenvalue weighted by molar-refractivity contribution is 0.0599. The first kappa shape index (κ1) is 14.9. The Labute approximate surface area is 122 Å². The van der Waals surface area contributed by atoms with Crippen LogP contribution in [0.4, 0.5) is 5.82 Å². The second kappa shape index (κ2) is 6.32. The molecule has 1 heterocycles. The molecule has 0 saturated carbocycles. The van der Waals surface area contributed by atoms with Crippen molar-refractivity contribution in [2.24, 2.45) is 0 Å². The topological polar surface area (TPSA) is 87.3 Å². The average molecular weight is 287 g/mol. The molecule has 0 bridgehead atoms. The summed E-state index contributed by atoms with van der Waals surface area (Å²) in [6.45, 7) is 1.69. The largest absolute Gasteiger partial charge is 0.465 e. The van der Waals surface area contributed by atoms with Crippen LogP contribution in [0.15, 0.2) is 30.3 Å². The normalized spacial score (nSPS) is 12.0. The van der Waals surface area contributed by atoms with E-state index >= 15 is 0 Å². The quantitative estimate of drug-likeness (QED) is 0.864. The van der Waals surface area contributed by atoms with E-state index in [0.717, 1.165) is 5.56 Å². The molecule has 0 amide bonds. The Hall–Kier alpha value is -2.47. The van der Waals surface area contributed by atoms with Gasteiger partial charge < -0.3 is 15.2 Å². The van der Waals surface area contributed by atoms with Crippen molar-refractivity contribution in [3.05, 3.63) is 53.0 Å². The summed E-state index contributed by atoms with van der Waals surface area (Å²) in [5.41, 5.74) is 7.41. The maximum absolute atomic E-state index is 11.7. The third-order valence-corrected chi connectivity index (χ3v) is 3.10. The van der Waals surface area contributed by atoms with Crippen LogP contribution >= 0.6 is 0 Å². The average Bonchev–Trinajstić information content (AvgIpc) is 2.48. The zero-order valence-electron chi connectivity index (χ0n) is 12.2. The molecule has 0 saturated heterocycles. The summed E-state index contributed by atoms with van der Waals surface area (Å²) in [6.07, 6.45) is -0.445. The van der Waals surface area contributed by atoms with Crippen molar-refractivity contribution in [3.63, 3.8) is 0 Å². The van der Waals surface area contributed by atoms with Gasteiger partial charge in [-0.1, -0.05) is 30.3 Å². The van der Waals surface area contributed by atoms with Crippen LogP contribution in [0.3, 0.4) is 0 Å². The van der Waals surface area contributed by atoms with Gasteiger partial charge >= 0.3 is 5.97 Å². The summed E-state index contributed by atoms with van der Waals surface area (Å²) in [6, 6.07) is 9.55. The Morgan fingerprint density at radius 2 is 1.86 bits per heavy atom. The van der Waals surface area contributed by atoms with Gasteiger partial charge in [0.15, 0.2) is 5.82 Å². The van der Waals surface area contributed by atoms with Crippen LogP contribution in [-0.2, 0) is 9.47 Å². The van der Waals surface area contributed by atoms with E-state index in [0.29, 0.717) is 11.5 Å². The molecule has 0 radical (unpaired) electrons. The number of methoxy groups -OCH3 is 2. The van der Waals surface area contributed by atoms with Crippen LogP contribution in [-0.4, -0.2) is 30.2 Å².